The van der Waals surface area contributed by atoms with Crippen LogP contribution in [-0.4, -0.2) is 59.0 Å². The van der Waals surface area contributed by atoms with Gasteiger partial charge < -0.3 is 21.2 Å². The maximum absolute atomic E-state index is 8.12. The molecule has 0 aliphatic rings. The largest absolute Gasteiger partial charge is 0.408 e. The second kappa shape index (κ2) is 18.3. The summed E-state index contributed by atoms with van der Waals surface area (Å²) in [5.74, 6) is 1.51. The van der Waals surface area contributed by atoms with Crippen LogP contribution >= 0.6 is 25.3 Å². The Morgan fingerprint density at radius 1 is 0.447 bits per heavy atom. The molecule has 4 rings (SSSR count). The third kappa shape index (κ3) is 9.70. The normalized spacial score (nSPS) is 14.8. The number of hydrogen-bond donors (Lipinski definition) is 2. The van der Waals surface area contributed by atoms with Gasteiger partial charge in [-0.15, -0.1) is 0 Å². The van der Waals surface area contributed by atoms with Crippen molar-refractivity contribution >= 4 is 80.2 Å². The summed E-state index contributed by atoms with van der Waals surface area (Å²) >= 11 is 9.15. The highest BCUT2D eigenvalue weighted by Gasteiger charge is 2.59. The second-order valence-electron chi connectivity index (χ2n) is 11.8. The third-order valence-electron chi connectivity index (χ3n) is 8.10. The molecule has 0 fully saturated rings. The van der Waals surface area contributed by atoms with E-state index in [1.165, 1.54) is 0 Å². The Kier molecular flexibility index (Phi) is 14.8. The van der Waals surface area contributed by atoms with Crippen molar-refractivity contribution in [2.75, 3.05) is 24.7 Å². The highest BCUT2D eigenvalue weighted by Crippen LogP contribution is 2.30. The van der Waals surface area contributed by atoms with Crippen LogP contribution in [0.15, 0.2) is 121 Å². The van der Waals surface area contributed by atoms with Gasteiger partial charge in [0.05, 0.1) is 0 Å². The molecule has 0 spiro atoms. The summed E-state index contributed by atoms with van der Waals surface area (Å²) < 4.78 is 36.8. The van der Waals surface area contributed by atoms with Crippen molar-refractivity contribution in [3.05, 3.63) is 121 Å². The molecule has 0 aromatic heterocycles. The molecule has 2 atom stereocenters. The maximum atomic E-state index is 8.12. The summed E-state index contributed by atoms with van der Waals surface area (Å²) in [6.07, 6.45) is 1.77. The van der Waals surface area contributed by atoms with Crippen LogP contribution < -0.4 is 20.7 Å². The third-order valence-corrected chi connectivity index (χ3v) is 25.5. The van der Waals surface area contributed by atoms with Crippen molar-refractivity contribution in [3.8, 4) is 0 Å². The van der Waals surface area contributed by atoms with Crippen molar-refractivity contribution in [2.24, 2.45) is 0 Å². The highest BCUT2D eigenvalue weighted by molar-refractivity contribution is 7.80. The lowest BCUT2D eigenvalue weighted by Gasteiger charge is -2.47. The van der Waals surface area contributed by atoms with Gasteiger partial charge in [-0.1, -0.05) is 121 Å². The molecule has 0 aliphatic carbocycles. The van der Waals surface area contributed by atoms with E-state index < -0.39 is 34.2 Å². The average molecular weight is 739 g/mol. The van der Waals surface area contributed by atoms with Gasteiger partial charge in [0.1, 0.15) is 0 Å². The minimum absolute atomic E-state index is 0.554. The Balaban J connectivity index is 2.11. The van der Waals surface area contributed by atoms with Crippen molar-refractivity contribution in [1.29, 1.82) is 0 Å². The first-order valence-corrected chi connectivity index (χ1v) is 26.6. The van der Waals surface area contributed by atoms with Crippen molar-refractivity contribution in [1.82, 2.24) is 0 Å². The van der Waals surface area contributed by atoms with E-state index in [9.17, 15) is 0 Å². The van der Waals surface area contributed by atoms with Crippen molar-refractivity contribution in [2.45, 2.75) is 51.9 Å². The fraction of sp³-hybridized carbons (Fsp3) is 0.333. The first-order chi connectivity index (χ1) is 22.8. The molecule has 0 bridgehead atoms. The van der Waals surface area contributed by atoms with Crippen molar-refractivity contribution < 1.29 is 21.2 Å². The topological polar surface area (TPSA) is 46.2 Å². The number of benzene rings is 4. The number of thiol groups is 2. The first kappa shape index (κ1) is 38.1. The lowest BCUT2D eigenvalue weighted by atomic mass is 10.4. The van der Waals surface area contributed by atoms with E-state index in [2.05, 4.69) is 135 Å². The predicted molar refractivity (Wildman–Crippen MR) is 212 cm³/mol. The summed E-state index contributed by atoms with van der Waals surface area (Å²) in [4.78, 5) is 0. The van der Waals surface area contributed by atoms with E-state index >= 15 is 0 Å². The quantitative estimate of drug-likeness (QED) is 0.0812. The van der Waals surface area contributed by atoms with Gasteiger partial charge in [-0.25, -0.2) is 0 Å². The Bertz CT molecular complexity index is 1270. The fourth-order valence-corrected chi connectivity index (χ4v) is 25.9. The molecule has 4 aromatic rings. The minimum atomic E-state index is -3.63. The molecule has 0 saturated carbocycles. The first-order valence-electron chi connectivity index (χ1n) is 16.6. The second-order valence-corrected chi connectivity index (χ2v) is 26.0. The van der Waals surface area contributed by atoms with Crippen LogP contribution in [0.5, 0.6) is 0 Å². The Hall–Kier alpha value is -1.75. The molecule has 0 radical (unpaired) electrons. The Labute approximate surface area is 297 Å². The summed E-state index contributed by atoms with van der Waals surface area (Å²) in [6.45, 7) is 9.55. The average Bonchev–Trinajstić information content (AvgIpc) is 3.11. The van der Waals surface area contributed by atoms with Crippen LogP contribution in [0.1, 0.15) is 26.7 Å². The predicted octanol–water partition coefficient (Wildman–Crippen LogP) is 6.41. The standard InChI is InChI=1S/C36H50O5S2Si4/c1-5-37-44(3,31-19-29-42)39-46(33-21-11-7-12-22-33,34-23-13-8-14-24-34)41-47(35-25-15-9-16-26-35,36-27-17-10-18-28-36)40-45(4,38-6-2)32-20-30-43/h7-18,21-28,42-43H,5-6,19-20,29-32H2,1-4H3. The molecule has 5 nitrogen and oxygen atoms in total. The molecule has 4 aromatic carbocycles. The monoisotopic (exact) mass is 738 g/mol. The van der Waals surface area contributed by atoms with Crippen LogP contribution in [-0.2, 0) is 21.2 Å². The Morgan fingerprint density at radius 3 is 0.957 bits per heavy atom. The smallest absolute Gasteiger partial charge is 0.389 e. The van der Waals surface area contributed by atoms with Crippen molar-refractivity contribution in [3.63, 3.8) is 0 Å². The van der Waals surface area contributed by atoms with E-state index in [1.807, 2.05) is 38.1 Å². The summed E-state index contributed by atoms with van der Waals surface area (Å²) in [5, 5.41) is 4.05. The SMILES string of the molecule is CCO[Si](C)(CCCS)O[Si](O[Si](O[Si](C)(CCCS)OCC)(c1ccccc1)c1ccccc1)(c1ccccc1)c1ccccc1. The zero-order valence-electron chi connectivity index (χ0n) is 28.1. The molecule has 0 saturated heterocycles. The van der Waals surface area contributed by atoms with Crippen LogP contribution in [0.25, 0.3) is 0 Å². The summed E-state index contributed by atoms with van der Waals surface area (Å²) in [5.41, 5.74) is 0. The molecular formula is C36H50O5S2Si4. The molecule has 252 valence electrons. The summed E-state index contributed by atoms with van der Waals surface area (Å²) in [6, 6.07) is 43.5. The maximum Gasteiger partial charge on any atom is 0.389 e. The van der Waals surface area contributed by atoms with Gasteiger partial charge in [-0.05, 0) is 84.1 Å². The number of rotatable bonds is 20. The van der Waals surface area contributed by atoms with Gasteiger partial charge in [-0.2, -0.15) is 25.3 Å². The van der Waals surface area contributed by atoms with E-state index in [0.29, 0.717) is 13.2 Å². The van der Waals surface area contributed by atoms with E-state index in [4.69, 9.17) is 21.2 Å². The molecule has 0 aliphatic heterocycles. The zero-order chi connectivity index (χ0) is 33.6. The summed E-state index contributed by atoms with van der Waals surface area (Å²) in [7, 11) is -12.9. The molecule has 11 heteroatoms. The molecular weight excluding hydrogens is 689 g/mol. The van der Waals surface area contributed by atoms with Gasteiger partial charge in [0, 0.05) is 13.2 Å². The lowest BCUT2D eigenvalue weighted by molar-refractivity contribution is 0.221. The molecule has 47 heavy (non-hydrogen) atoms. The van der Waals surface area contributed by atoms with Gasteiger partial charge in [0.25, 0.3) is 0 Å². The van der Waals surface area contributed by atoms with Gasteiger partial charge >= 0.3 is 34.2 Å². The van der Waals surface area contributed by atoms with Gasteiger partial charge in [-0.3, -0.25) is 0 Å². The van der Waals surface area contributed by atoms with E-state index in [1.54, 1.807) is 0 Å². The Morgan fingerprint density at radius 2 is 0.723 bits per heavy atom. The van der Waals surface area contributed by atoms with E-state index in [-0.39, 0.29) is 0 Å². The van der Waals surface area contributed by atoms with Crippen LogP contribution in [0, 0.1) is 0 Å². The van der Waals surface area contributed by atoms with Gasteiger partial charge in [0.15, 0.2) is 0 Å². The molecule has 2 unspecified atom stereocenters. The zero-order valence-corrected chi connectivity index (χ0v) is 33.9. The fourth-order valence-electron chi connectivity index (χ4n) is 6.00. The molecule has 0 amide bonds. The van der Waals surface area contributed by atoms with E-state index in [0.717, 1.165) is 57.2 Å². The lowest BCUT2D eigenvalue weighted by Crippen LogP contribution is -2.78. The highest BCUT2D eigenvalue weighted by atomic mass is 32.1. The van der Waals surface area contributed by atoms with Crippen LogP contribution in [0.3, 0.4) is 0 Å². The van der Waals surface area contributed by atoms with Gasteiger partial charge in [0.2, 0.25) is 0 Å². The van der Waals surface area contributed by atoms with Crippen LogP contribution in [0.2, 0.25) is 25.2 Å². The molecule has 0 heterocycles. The molecule has 0 N–H and O–H groups in total. The number of hydrogen-bond acceptors (Lipinski definition) is 7. The van der Waals surface area contributed by atoms with Crippen LogP contribution in [0.4, 0.5) is 0 Å². The minimum Gasteiger partial charge on any atom is -0.408 e.